The summed E-state index contributed by atoms with van der Waals surface area (Å²) in [6.45, 7) is 3.19. The molecule has 0 aliphatic rings. The molecule has 0 bridgehead atoms. The normalized spacial score (nSPS) is 12.0. The van der Waals surface area contributed by atoms with Gasteiger partial charge in [0.2, 0.25) is 11.8 Å². The Morgan fingerprint density at radius 3 is 2.14 bits per heavy atom. The molecule has 3 aromatic carbocycles. The molecular weight excluding hydrogens is 493 g/mol. The molecule has 9 heteroatoms. The van der Waals surface area contributed by atoms with Gasteiger partial charge >= 0.3 is 0 Å². The molecule has 7 nitrogen and oxygen atoms in total. The Kier molecular flexibility index (Phi) is 9.41. The van der Waals surface area contributed by atoms with Gasteiger partial charge in [-0.15, -0.1) is 0 Å². The Hall–Kier alpha value is -3.72. The summed E-state index contributed by atoms with van der Waals surface area (Å²) in [5, 5.41) is 2.58. The van der Waals surface area contributed by atoms with E-state index in [1.54, 1.807) is 37.3 Å². The predicted octanol–water partition coefficient (Wildman–Crippen LogP) is 4.14. The van der Waals surface area contributed by atoms with Crippen LogP contribution in [0, 0.1) is 5.82 Å². The Labute approximate surface area is 218 Å². The van der Waals surface area contributed by atoms with E-state index in [1.807, 2.05) is 19.1 Å². The second kappa shape index (κ2) is 12.5. The maximum Gasteiger partial charge on any atom is 0.264 e. The number of para-hydroxylation sites is 1. The number of nitrogens with zero attached hydrogens (tertiary/aromatic N) is 2. The molecule has 196 valence electrons. The molecule has 0 aliphatic heterocycles. The number of hydrogen-bond acceptors (Lipinski definition) is 4. The highest BCUT2D eigenvalue weighted by atomic mass is 32.2. The fourth-order valence-electron chi connectivity index (χ4n) is 4.16. The molecule has 0 spiro atoms. The van der Waals surface area contributed by atoms with Gasteiger partial charge in [0, 0.05) is 13.6 Å². The first kappa shape index (κ1) is 27.9. The summed E-state index contributed by atoms with van der Waals surface area (Å²) in [6.07, 6.45) is 0.865. The van der Waals surface area contributed by atoms with Crippen LogP contribution in [0.2, 0.25) is 0 Å². The van der Waals surface area contributed by atoms with Crippen molar-refractivity contribution in [2.75, 3.05) is 17.9 Å². The molecule has 0 aliphatic carbocycles. The van der Waals surface area contributed by atoms with Crippen LogP contribution in [-0.2, 0) is 32.6 Å². The number of sulfonamides is 1. The van der Waals surface area contributed by atoms with Crippen LogP contribution in [0.5, 0.6) is 0 Å². The average Bonchev–Trinajstić information content (AvgIpc) is 2.92. The van der Waals surface area contributed by atoms with E-state index in [1.165, 1.54) is 48.3 Å². The Morgan fingerprint density at radius 1 is 0.919 bits per heavy atom. The Balaban J connectivity index is 2.08. The lowest BCUT2D eigenvalue weighted by molar-refractivity contribution is -0.140. The first-order valence-electron chi connectivity index (χ1n) is 12.1. The van der Waals surface area contributed by atoms with Crippen LogP contribution in [0.4, 0.5) is 10.1 Å². The number of carbonyl (C=O) groups excluding carboxylic acids is 2. The molecule has 2 amide bonds. The first-order valence-corrected chi connectivity index (χ1v) is 13.6. The van der Waals surface area contributed by atoms with Crippen molar-refractivity contribution in [1.29, 1.82) is 0 Å². The fourth-order valence-corrected chi connectivity index (χ4v) is 5.63. The number of aryl methyl sites for hydroxylation is 1. The van der Waals surface area contributed by atoms with Gasteiger partial charge in [-0.25, -0.2) is 12.8 Å². The van der Waals surface area contributed by atoms with Gasteiger partial charge in [-0.1, -0.05) is 62.4 Å². The van der Waals surface area contributed by atoms with Crippen molar-refractivity contribution in [1.82, 2.24) is 10.2 Å². The molecule has 0 saturated heterocycles. The van der Waals surface area contributed by atoms with Crippen molar-refractivity contribution in [2.24, 2.45) is 0 Å². The predicted molar refractivity (Wildman–Crippen MR) is 142 cm³/mol. The van der Waals surface area contributed by atoms with Gasteiger partial charge < -0.3 is 10.2 Å². The first-order chi connectivity index (χ1) is 17.7. The van der Waals surface area contributed by atoms with Crippen molar-refractivity contribution in [3.05, 3.63) is 95.8 Å². The topological polar surface area (TPSA) is 86.8 Å². The molecule has 0 saturated carbocycles. The summed E-state index contributed by atoms with van der Waals surface area (Å²) in [5.41, 5.74) is 1.78. The van der Waals surface area contributed by atoms with Gasteiger partial charge in [-0.3, -0.25) is 13.9 Å². The molecule has 0 heterocycles. The highest BCUT2D eigenvalue weighted by Crippen LogP contribution is 2.28. The number of anilines is 1. The molecular formula is C28H32FN3O4S. The smallest absolute Gasteiger partial charge is 0.264 e. The zero-order chi connectivity index (χ0) is 27.0. The average molecular weight is 526 g/mol. The lowest BCUT2D eigenvalue weighted by atomic mass is 10.1. The lowest BCUT2D eigenvalue weighted by Gasteiger charge is -2.33. The lowest BCUT2D eigenvalue weighted by Crippen LogP contribution is -2.51. The van der Waals surface area contributed by atoms with E-state index < -0.39 is 34.3 Å². The zero-order valence-electron chi connectivity index (χ0n) is 21.2. The van der Waals surface area contributed by atoms with Crippen molar-refractivity contribution < 1.29 is 22.4 Å². The van der Waals surface area contributed by atoms with Crippen molar-refractivity contribution in [3.8, 4) is 0 Å². The molecule has 1 atom stereocenters. The quantitative estimate of drug-likeness (QED) is 0.408. The van der Waals surface area contributed by atoms with Gasteiger partial charge in [0.25, 0.3) is 10.0 Å². The summed E-state index contributed by atoms with van der Waals surface area (Å²) in [6, 6.07) is 19.8. The maximum absolute atomic E-state index is 13.9. The van der Waals surface area contributed by atoms with E-state index in [9.17, 15) is 22.4 Å². The van der Waals surface area contributed by atoms with Gasteiger partial charge in [0.1, 0.15) is 18.4 Å². The number of nitrogens with one attached hydrogen (secondary N) is 1. The highest BCUT2D eigenvalue weighted by molar-refractivity contribution is 7.92. The highest BCUT2D eigenvalue weighted by Gasteiger charge is 2.34. The Bertz CT molecular complexity index is 1310. The van der Waals surface area contributed by atoms with Gasteiger partial charge in [-0.2, -0.15) is 0 Å². The number of likely N-dealkylation sites (N-methyl/N-ethyl adjacent to an activating group) is 1. The number of amides is 2. The third-order valence-electron chi connectivity index (χ3n) is 6.15. The van der Waals surface area contributed by atoms with Crippen LogP contribution in [-0.4, -0.2) is 44.8 Å². The summed E-state index contributed by atoms with van der Waals surface area (Å²) < 4.78 is 42.2. The molecule has 3 aromatic rings. The molecule has 0 aromatic heterocycles. The van der Waals surface area contributed by atoms with Gasteiger partial charge in [0.05, 0.1) is 10.6 Å². The Morgan fingerprint density at radius 2 is 1.54 bits per heavy atom. The standard InChI is InChI=1S/C28H32FN3O4S/c1-4-22-11-9-10-14-26(22)32(37(35,36)24-12-7-6-8-13-24)20-27(33)31(25(5-2)28(34)30-3)19-21-15-17-23(29)18-16-21/h6-18,25H,4-5,19-20H2,1-3H3,(H,30,34)/t25-/m0/s1. The minimum Gasteiger partial charge on any atom is -0.357 e. The molecule has 3 rings (SSSR count). The number of benzene rings is 3. The number of carbonyl (C=O) groups is 2. The number of rotatable bonds is 11. The van der Waals surface area contributed by atoms with E-state index in [4.69, 9.17) is 0 Å². The van der Waals surface area contributed by atoms with Crippen LogP contribution in [0.3, 0.4) is 0 Å². The molecule has 0 unspecified atom stereocenters. The van der Waals surface area contributed by atoms with Crippen LogP contribution in [0.25, 0.3) is 0 Å². The minimum atomic E-state index is -4.12. The summed E-state index contributed by atoms with van der Waals surface area (Å²) in [5.74, 6) is -1.34. The van der Waals surface area contributed by atoms with Gasteiger partial charge in [0.15, 0.2) is 0 Å². The number of halogens is 1. The van der Waals surface area contributed by atoms with Crippen LogP contribution in [0.1, 0.15) is 31.4 Å². The monoisotopic (exact) mass is 525 g/mol. The van der Waals surface area contributed by atoms with E-state index in [0.717, 1.165) is 9.87 Å². The van der Waals surface area contributed by atoms with Gasteiger partial charge in [-0.05, 0) is 54.3 Å². The number of hydrogen-bond donors (Lipinski definition) is 1. The largest absolute Gasteiger partial charge is 0.357 e. The summed E-state index contributed by atoms with van der Waals surface area (Å²) in [7, 11) is -2.63. The molecule has 1 N–H and O–H groups in total. The zero-order valence-corrected chi connectivity index (χ0v) is 22.0. The van der Waals surface area contributed by atoms with Crippen LogP contribution in [0.15, 0.2) is 83.8 Å². The van der Waals surface area contributed by atoms with E-state index in [2.05, 4.69) is 5.32 Å². The fraction of sp³-hybridized carbons (Fsp3) is 0.286. The van der Waals surface area contributed by atoms with Crippen LogP contribution < -0.4 is 9.62 Å². The van der Waals surface area contributed by atoms with E-state index in [0.29, 0.717) is 24.1 Å². The van der Waals surface area contributed by atoms with Crippen molar-refractivity contribution in [2.45, 2.75) is 44.2 Å². The van der Waals surface area contributed by atoms with E-state index >= 15 is 0 Å². The SMILES string of the molecule is CCc1ccccc1N(CC(=O)N(Cc1ccc(F)cc1)[C@@H](CC)C(=O)NC)S(=O)(=O)c1ccccc1. The minimum absolute atomic E-state index is 0.0136. The maximum atomic E-state index is 13.9. The van der Waals surface area contributed by atoms with Crippen molar-refractivity contribution >= 4 is 27.5 Å². The molecule has 37 heavy (non-hydrogen) atoms. The molecule has 0 fully saturated rings. The second-order valence-electron chi connectivity index (χ2n) is 8.49. The summed E-state index contributed by atoms with van der Waals surface area (Å²) >= 11 is 0. The second-order valence-corrected chi connectivity index (χ2v) is 10.4. The molecule has 0 radical (unpaired) electrons. The summed E-state index contributed by atoms with van der Waals surface area (Å²) in [4.78, 5) is 28.0. The third kappa shape index (κ3) is 6.54. The van der Waals surface area contributed by atoms with Crippen molar-refractivity contribution in [3.63, 3.8) is 0 Å². The van der Waals surface area contributed by atoms with Crippen LogP contribution >= 0.6 is 0 Å². The van der Waals surface area contributed by atoms with E-state index in [-0.39, 0.29) is 17.3 Å². The third-order valence-corrected chi connectivity index (χ3v) is 7.92.